The monoisotopic (exact) mass is 392 g/mol. The minimum atomic E-state index is -3.16. The summed E-state index contributed by atoms with van der Waals surface area (Å²) < 4.78 is 37.6. The number of hydrogen-bond acceptors (Lipinski definition) is 3. The van der Waals surface area contributed by atoms with E-state index in [0.717, 1.165) is 11.8 Å². The Hall–Kier alpha value is -1.38. The molecule has 0 aliphatic carbocycles. The fourth-order valence-electron chi connectivity index (χ4n) is 2.21. The van der Waals surface area contributed by atoms with Gasteiger partial charge in [-0.3, -0.25) is 4.99 Å². The Labute approximate surface area is 154 Å². The number of nitrogens with zero attached hydrogens (tertiary/aromatic N) is 1. The molecule has 0 radical (unpaired) electrons. The fourth-order valence-corrected chi connectivity index (χ4v) is 3.15. The largest absolute Gasteiger partial charge is 0.356 e. The summed E-state index contributed by atoms with van der Waals surface area (Å²) in [7, 11) is -1.51. The van der Waals surface area contributed by atoms with Crippen LogP contribution in [-0.2, 0) is 15.4 Å². The Balaban J connectivity index is 2.50. The summed E-state index contributed by atoms with van der Waals surface area (Å²) in [6.45, 7) is 5.48. The van der Waals surface area contributed by atoms with E-state index in [1.807, 2.05) is 13.8 Å². The molecule has 1 aromatic rings. The summed E-state index contributed by atoms with van der Waals surface area (Å²) >= 11 is 6.15. The number of halogens is 2. The van der Waals surface area contributed by atoms with E-state index in [1.54, 1.807) is 13.1 Å². The maximum atomic E-state index is 13.2. The molecule has 0 unspecified atom stereocenters. The van der Waals surface area contributed by atoms with Crippen molar-refractivity contribution in [2.75, 3.05) is 32.9 Å². The van der Waals surface area contributed by atoms with E-state index in [4.69, 9.17) is 11.6 Å². The quantitative estimate of drug-likeness (QED) is 0.358. The predicted octanol–water partition coefficient (Wildman–Crippen LogP) is 1.86. The third-order valence-corrected chi connectivity index (χ3v) is 4.63. The van der Waals surface area contributed by atoms with E-state index in [2.05, 4.69) is 20.3 Å². The van der Waals surface area contributed by atoms with Crippen LogP contribution in [0, 0.1) is 5.82 Å². The van der Waals surface area contributed by atoms with Gasteiger partial charge in [0.15, 0.2) is 5.96 Å². The van der Waals surface area contributed by atoms with E-state index in [-0.39, 0.29) is 11.2 Å². The molecule has 0 spiro atoms. The van der Waals surface area contributed by atoms with E-state index in [1.165, 1.54) is 12.1 Å². The number of hydrogen-bond donors (Lipinski definition) is 3. The highest BCUT2D eigenvalue weighted by molar-refractivity contribution is 7.88. The molecule has 1 rings (SSSR count). The van der Waals surface area contributed by atoms with Gasteiger partial charge in [-0.05, 0) is 24.1 Å². The van der Waals surface area contributed by atoms with Crippen LogP contribution in [0.5, 0.6) is 0 Å². The molecule has 0 saturated carbocycles. The van der Waals surface area contributed by atoms with E-state index in [9.17, 15) is 12.8 Å². The highest BCUT2D eigenvalue weighted by Gasteiger charge is 2.24. The molecule has 3 N–H and O–H groups in total. The predicted molar refractivity (Wildman–Crippen MR) is 101 cm³/mol. The van der Waals surface area contributed by atoms with Crippen molar-refractivity contribution in [3.05, 3.63) is 34.6 Å². The van der Waals surface area contributed by atoms with Crippen LogP contribution in [0.1, 0.15) is 25.8 Å². The molecule has 0 saturated heterocycles. The van der Waals surface area contributed by atoms with Crippen LogP contribution in [0.15, 0.2) is 23.2 Å². The van der Waals surface area contributed by atoms with Crippen LogP contribution in [0.25, 0.3) is 0 Å². The lowest BCUT2D eigenvalue weighted by Crippen LogP contribution is -2.44. The molecule has 0 aliphatic rings. The van der Waals surface area contributed by atoms with Gasteiger partial charge in [0.05, 0.1) is 6.26 Å². The molecule has 25 heavy (non-hydrogen) atoms. The summed E-state index contributed by atoms with van der Waals surface area (Å²) in [5.74, 6) is 0.239. The molecule has 0 atom stereocenters. The second-order valence-corrected chi connectivity index (χ2v) is 8.62. The van der Waals surface area contributed by atoms with Crippen molar-refractivity contribution >= 4 is 27.6 Å². The number of sulfonamides is 1. The third-order valence-electron chi connectivity index (χ3n) is 3.59. The Kier molecular flexibility index (Phi) is 8.11. The molecule has 142 valence electrons. The molecular weight excluding hydrogens is 367 g/mol. The highest BCUT2D eigenvalue weighted by Crippen LogP contribution is 2.29. The first-order valence-electron chi connectivity index (χ1n) is 7.90. The Morgan fingerprint density at radius 1 is 1.28 bits per heavy atom. The van der Waals surface area contributed by atoms with Crippen LogP contribution >= 0.6 is 11.6 Å². The maximum Gasteiger partial charge on any atom is 0.208 e. The SMILES string of the molecule is CN=C(NCCCNS(C)(=O)=O)NCC(C)(C)c1ccc(F)cc1Cl. The molecule has 0 bridgehead atoms. The van der Waals surface area contributed by atoms with E-state index < -0.39 is 10.0 Å². The third kappa shape index (κ3) is 8.02. The Morgan fingerprint density at radius 2 is 1.96 bits per heavy atom. The minimum Gasteiger partial charge on any atom is -0.356 e. The highest BCUT2D eigenvalue weighted by atomic mass is 35.5. The average molecular weight is 393 g/mol. The Morgan fingerprint density at radius 3 is 2.52 bits per heavy atom. The zero-order valence-electron chi connectivity index (χ0n) is 15.0. The van der Waals surface area contributed by atoms with Crippen LogP contribution in [-0.4, -0.2) is 47.3 Å². The van der Waals surface area contributed by atoms with Gasteiger partial charge < -0.3 is 10.6 Å². The number of nitrogens with one attached hydrogen (secondary N) is 3. The van der Waals surface area contributed by atoms with Crippen molar-refractivity contribution in [1.82, 2.24) is 15.4 Å². The zero-order chi connectivity index (χ0) is 19.1. The van der Waals surface area contributed by atoms with E-state index >= 15 is 0 Å². The van der Waals surface area contributed by atoms with Crippen molar-refractivity contribution in [3.8, 4) is 0 Å². The normalized spacial score (nSPS) is 13.0. The summed E-state index contributed by atoms with van der Waals surface area (Å²) in [6, 6.07) is 4.39. The number of benzene rings is 1. The average Bonchev–Trinajstić information content (AvgIpc) is 2.48. The molecular formula is C16H26ClFN4O2S. The second-order valence-electron chi connectivity index (χ2n) is 6.38. The number of rotatable bonds is 8. The first-order chi connectivity index (χ1) is 11.5. The molecule has 0 aromatic heterocycles. The van der Waals surface area contributed by atoms with Crippen molar-refractivity contribution in [3.63, 3.8) is 0 Å². The second kappa shape index (κ2) is 9.35. The fraction of sp³-hybridized carbons (Fsp3) is 0.562. The summed E-state index contributed by atoms with van der Waals surface area (Å²) in [5.41, 5.74) is 0.510. The lowest BCUT2D eigenvalue weighted by molar-refractivity contribution is 0.506. The molecule has 0 fully saturated rings. The van der Waals surface area contributed by atoms with Gasteiger partial charge in [0.2, 0.25) is 10.0 Å². The molecule has 0 heterocycles. The van der Waals surface area contributed by atoms with Crippen LogP contribution in [0.3, 0.4) is 0 Å². The summed E-state index contributed by atoms with van der Waals surface area (Å²) in [6.07, 6.45) is 1.75. The topological polar surface area (TPSA) is 82.6 Å². The van der Waals surface area contributed by atoms with Crippen LogP contribution in [0.2, 0.25) is 5.02 Å². The van der Waals surface area contributed by atoms with E-state index in [0.29, 0.717) is 37.0 Å². The van der Waals surface area contributed by atoms with Crippen molar-refractivity contribution < 1.29 is 12.8 Å². The Bertz CT molecular complexity index is 708. The molecule has 0 aliphatic heterocycles. The first kappa shape index (κ1) is 21.7. The lowest BCUT2D eigenvalue weighted by Gasteiger charge is -2.27. The first-order valence-corrected chi connectivity index (χ1v) is 10.2. The molecule has 0 amide bonds. The van der Waals surface area contributed by atoms with Gasteiger partial charge in [-0.25, -0.2) is 17.5 Å². The smallest absolute Gasteiger partial charge is 0.208 e. The maximum absolute atomic E-state index is 13.2. The molecule has 6 nitrogen and oxygen atoms in total. The molecule has 9 heteroatoms. The lowest BCUT2D eigenvalue weighted by atomic mass is 9.84. The summed E-state index contributed by atoms with van der Waals surface area (Å²) in [4.78, 5) is 4.13. The van der Waals surface area contributed by atoms with Gasteiger partial charge in [0, 0.05) is 37.1 Å². The molecule has 1 aromatic carbocycles. The summed E-state index contributed by atoms with van der Waals surface area (Å²) in [5, 5.41) is 6.71. The van der Waals surface area contributed by atoms with Crippen LogP contribution < -0.4 is 15.4 Å². The van der Waals surface area contributed by atoms with Crippen molar-refractivity contribution in [2.45, 2.75) is 25.7 Å². The standard InChI is InChI=1S/C16H26ClFN4O2S/c1-16(2,13-7-6-12(18)10-14(13)17)11-21-15(19-3)20-8-5-9-22-25(4,23)24/h6-7,10,22H,5,8-9,11H2,1-4H3,(H2,19,20,21). The van der Waals surface area contributed by atoms with Crippen molar-refractivity contribution in [1.29, 1.82) is 0 Å². The van der Waals surface area contributed by atoms with Crippen LogP contribution in [0.4, 0.5) is 4.39 Å². The van der Waals surface area contributed by atoms with Gasteiger partial charge in [-0.2, -0.15) is 0 Å². The minimum absolute atomic E-state index is 0.333. The van der Waals surface area contributed by atoms with Gasteiger partial charge in [0.1, 0.15) is 5.82 Å². The van der Waals surface area contributed by atoms with Crippen molar-refractivity contribution in [2.24, 2.45) is 4.99 Å². The van der Waals surface area contributed by atoms with Gasteiger partial charge in [0.25, 0.3) is 0 Å². The number of aliphatic imine (C=N–C) groups is 1. The van der Waals surface area contributed by atoms with Gasteiger partial charge in [-0.15, -0.1) is 0 Å². The number of guanidine groups is 1. The van der Waals surface area contributed by atoms with Gasteiger partial charge >= 0.3 is 0 Å². The van der Waals surface area contributed by atoms with Gasteiger partial charge in [-0.1, -0.05) is 31.5 Å². The zero-order valence-corrected chi connectivity index (χ0v) is 16.6.